The lowest BCUT2D eigenvalue weighted by Crippen LogP contribution is -2.22. The van der Waals surface area contributed by atoms with Crippen LogP contribution < -0.4 is 5.32 Å². The zero-order valence-electron chi connectivity index (χ0n) is 10.5. The number of rotatable bonds is 5. The Morgan fingerprint density at radius 3 is 2.82 bits per heavy atom. The maximum atomic E-state index is 11.6. The first-order chi connectivity index (χ1) is 8.04. The number of aromatic hydroxyl groups is 1. The number of phenols is 1. The number of nitrogens with one attached hydrogen (secondary N) is 1. The lowest BCUT2D eigenvalue weighted by atomic mass is 10.2. The Hall–Kier alpha value is -1.55. The summed E-state index contributed by atoms with van der Waals surface area (Å²) >= 11 is 0. The highest BCUT2D eigenvalue weighted by molar-refractivity contribution is 5.93. The van der Waals surface area contributed by atoms with Crippen molar-refractivity contribution in [2.75, 3.05) is 11.9 Å². The normalized spacial score (nSPS) is 12.2. The molecule has 0 saturated carbocycles. The van der Waals surface area contributed by atoms with Crippen LogP contribution in [0.1, 0.15) is 25.8 Å². The summed E-state index contributed by atoms with van der Waals surface area (Å²) in [5.41, 5.74) is 1.27. The molecule has 1 unspecified atom stereocenters. The van der Waals surface area contributed by atoms with Gasteiger partial charge in [0.1, 0.15) is 12.4 Å². The molecule has 0 heterocycles. The first kappa shape index (κ1) is 13.5. The van der Waals surface area contributed by atoms with E-state index in [9.17, 15) is 9.90 Å². The van der Waals surface area contributed by atoms with Crippen molar-refractivity contribution in [2.45, 2.75) is 33.3 Å². The van der Waals surface area contributed by atoms with Crippen molar-refractivity contribution < 1.29 is 14.6 Å². The van der Waals surface area contributed by atoms with Crippen LogP contribution in [0, 0.1) is 6.92 Å². The third-order valence-electron chi connectivity index (χ3n) is 2.59. The largest absolute Gasteiger partial charge is 0.506 e. The number of carbonyl (C=O) groups excluding carboxylic acids is 1. The molecule has 4 nitrogen and oxygen atoms in total. The number of carbonyl (C=O) groups is 1. The number of amides is 1. The second kappa shape index (κ2) is 6.25. The van der Waals surface area contributed by atoms with E-state index < -0.39 is 0 Å². The third kappa shape index (κ3) is 4.07. The quantitative estimate of drug-likeness (QED) is 0.773. The number of benzene rings is 1. The highest BCUT2D eigenvalue weighted by Crippen LogP contribution is 2.26. The van der Waals surface area contributed by atoms with Crippen LogP contribution in [0.3, 0.4) is 0 Å². The molecule has 0 aliphatic heterocycles. The van der Waals surface area contributed by atoms with Gasteiger partial charge in [-0.1, -0.05) is 19.1 Å². The second-order valence-corrected chi connectivity index (χ2v) is 4.05. The van der Waals surface area contributed by atoms with Gasteiger partial charge in [0.25, 0.3) is 0 Å². The van der Waals surface area contributed by atoms with Crippen LogP contribution in [0.2, 0.25) is 0 Å². The summed E-state index contributed by atoms with van der Waals surface area (Å²) in [6.07, 6.45) is 0.925. The molecule has 1 rings (SSSR count). The molecule has 0 aromatic heterocycles. The molecule has 0 aliphatic rings. The minimum atomic E-state index is -0.255. The molecule has 0 saturated heterocycles. The molecule has 0 radical (unpaired) electrons. The molecule has 1 aromatic carbocycles. The van der Waals surface area contributed by atoms with Crippen molar-refractivity contribution in [3.8, 4) is 5.75 Å². The van der Waals surface area contributed by atoms with Crippen molar-refractivity contribution in [1.82, 2.24) is 0 Å². The van der Waals surface area contributed by atoms with E-state index >= 15 is 0 Å². The van der Waals surface area contributed by atoms with Gasteiger partial charge in [-0.15, -0.1) is 0 Å². The number of ether oxygens (including phenoxy) is 1. The van der Waals surface area contributed by atoms with Crippen LogP contribution in [-0.4, -0.2) is 23.7 Å². The fourth-order valence-electron chi connectivity index (χ4n) is 1.33. The van der Waals surface area contributed by atoms with Crippen LogP contribution in [-0.2, 0) is 9.53 Å². The average molecular weight is 237 g/mol. The zero-order chi connectivity index (χ0) is 12.8. The van der Waals surface area contributed by atoms with E-state index in [1.807, 2.05) is 26.8 Å². The molecule has 4 heteroatoms. The fraction of sp³-hybridized carbons (Fsp3) is 0.462. The van der Waals surface area contributed by atoms with E-state index in [4.69, 9.17) is 4.74 Å². The monoisotopic (exact) mass is 237 g/mol. The zero-order valence-corrected chi connectivity index (χ0v) is 10.5. The number of aryl methyl sites for hydroxylation is 1. The van der Waals surface area contributed by atoms with Gasteiger partial charge in [0, 0.05) is 0 Å². The van der Waals surface area contributed by atoms with E-state index in [1.165, 1.54) is 6.07 Å². The molecular weight excluding hydrogens is 218 g/mol. The van der Waals surface area contributed by atoms with Crippen LogP contribution in [0.5, 0.6) is 5.75 Å². The molecule has 0 spiro atoms. The van der Waals surface area contributed by atoms with Crippen molar-refractivity contribution >= 4 is 11.6 Å². The van der Waals surface area contributed by atoms with Gasteiger partial charge in [-0.25, -0.2) is 0 Å². The summed E-state index contributed by atoms with van der Waals surface area (Å²) in [5, 5.41) is 12.3. The Morgan fingerprint density at radius 2 is 2.24 bits per heavy atom. The molecule has 0 fully saturated rings. The highest BCUT2D eigenvalue weighted by Gasteiger charge is 2.10. The molecular formula is C13H19NO3. The third-order valence-corrected chi connectivity index (χ3v) is 2.59. The fourth-order valence-corrected chi connectivity index (χ4v) is 1.33. The maximum absolute atomic E-state index is 11.6. The lowest BCUT2D eigenvalue weighted by molar-refractivity contribution is -0.122. The first-order valence-corrected chi connectivity index (χ1v) is 5.74. The Labute approximate surface area is 102 Å². The topological polar surface area (TPSA) is 58.6 Å². The number of phenolic OH excluding ortho intramolecular Hbond substituents is 1. The van der Waals surface area contributed by atoms with Gasteiger partial charge in [-0.2, -0.15) is 0 Å². The van der Waals surface area contributed by atoms with Crippen molar-refractivity contribution in [1.29, 1.82) is 0 Å². The predicted molar refractivity (Wildman–Crippen MR) is 67.2 cm³/mol. The molecule has 1 aromatic rings. The summed E-state index contributed by atoms with van der Waals surface area (Å²) < 4.78 is 5.31. The SMILES string of the molecule is CCC(C)OCC(=O)Nc1c(C)cccc1O. The molecule has 0 bridgehead atoms. The van der Waals surface area contributed by atoms with Crippen LogP contribution in [0.4, 0.5) is 5.69 Å². The smallest absolute Gasteiger partial charge is 0.250 e. The maximum Gasteiger partial charge on any atom is 0.250 e. The number of para-hydroxylation sites is 1. The van der Waals surface area contributed by atoms with Gasteiger partial charge in [0.05, 0.1) is 11.8 Å². The molecule has 94 valence electrons. The Balaban J connectivity index is 2.56. The van der Waals surface area contributed by atoms with Crippen LogP contribution in [0.25, 0.3) is 0 Å². The Bertz CT molecular complexity index is 370. The summed E-state index contributed by atoms with van der Waals surface area (Å²) in [6, 6.07) is 5.10. The van der Waals surface area contributed by atoms with Crippen molar-refractivity contribution in [3.63, 3.8) is 0 Å². The second-order valence-electron chi connectivity index (χ2n) is 4.05. The predicted octanol–water partition coefficient (Wildman–Crippen LogP) is 2.45. The van der Waals surface area contributed by atoms with E-state index in [2.05, 4.69) is 5.32 Å². The lowest BCUT2D eigenvalue weighted by Gasteiger charge is -2.12. The summed E-state index contributed by atoms with van der Waals surface area (Å²) in [4.78, 5) is 11.6. The van der Waals surface area contributed by atoms with Gasteiger partial charge < -0.3 is 15.2 Å². The summed E-state index contributed by atoms with van der Waals surface area (Å²) in [6.45, 7) is 5.74. The minimum Gasteiger partial charge on any atom is -0.506 e. The molecule has 2 N–H and O–H groups in total. The molecule has 0 aliphatic carbocycles. The average Bonchev–Trinajstić information content (AvgIpc) is 2.31. The number of hydrogen-bond donors (Lipinski definition) is 2. The van der Waals surface area contributed by atoms with Crippen LogP contribution >= 0.6 is 0 Å². The molecule has 1 atom stereocenters. The van der Waals surface area contributed by atoms with E-state index in [0.29, 0.717) is 5.69 Å². The van der Waals surface area contributed by atoms with Crippen molar-refractivity contribution in [2.24, 2.45) is 0 Å². The highest BCUT2D eigenvalue weighted by atomic mass is 16.5. The minimum absolute atomic E-state index is 0.00276. The van der Waals surface area contributed by atoms with Gasteiger partial charge in [0.15, 0.2) is 0 Å². The van der Waals surface area contributed by atoms with Gasteiger partial charge in [0.2, 0.25) is 5.91 Å². The van der Waals surface area contributed by atoms with Gasteiger partial charge in [-0.3, -0.25) is 4.79 Å². The number of hydrogen-bond acceptors (Lipinski definition) is 3. The Morgan fingerprint density at radius 1 is 1.53 bits per heavy atom. The van der Waals surface area contributed by atoms with Crippen molar-refractivity contribution in [3.05, 3.63) is 23.8 Å². The Kier molecular flexibility index (Phi) is 4.97. The van der Waals surface area contributed by atoms with E-state index in [0.717, 1.165) is 12.0 Å². The van der Waals surface area contributed by atoms with Gasteiger partial charge in [-0.05, 0) is 31.9 Å². The molecule has 17 heavy (non-hydrogen) atoms. The summed E-state index contributed by atoms with van der Waals surface area (Å²) in [5.74, 6) is -0.184. The molecule has 1 amide bonds. The van der Waals surface area contributed by atoms with Crippen LogP contribution in [0.15, 0.2) is 18.2 Å². The number of anilines is 1. The van der Waals surface area contributed by atoms with Gasteiger partial charge >= 0.3 is 0 Å². The standard InChI is InChI=1S/C13H19NO3/c1-4-10(3)17-8-12(16)14-13-9(2)6-5-7-11(13)15/h5-7,10,15H,4,8H2,1-3H3,(H,14,16). The van der Waals surface area contributed by atoms with E-state index in [1.54, 1.807) is 6.07 Å². The van der Waals surface area contributed by atoms with E-state index in [-0.39, 0.29) is 24.4 Å². The first-order valence-electron chi connectivity index (χ1n) is 5.74. The summed E-state index contributed by atoms with van der Waals surface area (Å²) in [7, 11) is 0.